The second-order valence-corrected chi connectivity index (χ2v) is 25.3. The number of aliphatic hydroxyl groups excluding tert-OH is 2. The fourth-order valence-corrected chi connectivity index (χ4v) is 11.6. The second-order valence-electron chi connectivity index (χ2n) is 25.3. The number of carbonyl (C=O) groups is 2. The number of allylic oxidation sites excluding steroid dienone is 4. The molecule has 0 bridgehead atoms. The summed E-state index contributed by atoms with van der Waals surface area (Å²) < 4.78 is 5.48. The van der Waals surface area contributed by atoms with Crippen LogP contribution in [-0.4, -0.2) is 47.4 Å². The lowest BCUT2D eigenvalue weighted by molar-refractivity contribution is -0.143. The van der Waals surface area contributed by atoms with Gasteiger partial charge in [-0.25, -0.2) is 0 Å². The zero-order valence-electron chi connectivity index (χ0n) is 54.3. The molecule has 0 aliphatic rings. The first-order chi connectivity index (χ1) is 39.5. The van der Waals surface area contributed by atoms with Gasteiger partial charge in [-0.05, 0) is 77.0 Å². The number of unbranched alkanes of at least 4 members (excludes halogenated alkanes) is 54. The van der Waals surface area contributed by atoms with Crippen LogP contribution in [0.1, 0.15) is 412 Å². The maximum atomic E-state index is 12.6. The summed E-state index contributed by atoms with van der Waals surface area (Å²) in [6, 6.07) is -0.546. The summed E-state index contributed by atoms with van der Waals surface area (Å²) in [5.74, 6) is -0.0296. The van der Waals surface area contributed by atoms with Gasteiger partial charge in [0.1, 0.15) is 0 Å². The summed E-state index contributed by atoms with van der Waals surface area (Å²) in [4.78, 5) is 24.6. The van der Waals surface area contributed by atoms with Crippen molar-refractivity contribution < 1.29 is 24.5 Å². The molecule has 0 aromatic rings. The zero-order valence-corrected chi connectivity index (χ0v) is 54.3. The van der Waals surface area contributed by atoms with Crippen LogP contribution in [0.3, 0.4) is 0 Å². The highest BCUT2D eigenvalue weighted by Crippen LogP contribution is 2.19. The average Bonchev–Trinajstić information content (AvgIpc) is 3.46. The molecule has 2 atom stereocenters. The third-order valence-electron chi connectivity index (χ3n) is 17.2. The quantitative estimate of drug-likeness (QED) is 0.0320. The molecule has 474 valence electrons. The van der Waals surface area contributed by atoms with Crippen molar-refractivity contribution in [3.8, 4) is 0 Å². The van der Waals surface area contributed by atoms with Gasteiger partial charge >= 0.3 is 5.97 Å². The Hall–Kier alpha value is -1.66. The summed E-state index contributed by atoms with van der Waals surface area (Å²) in [6.45, 7) is 4.98. The molecule has 80 heavy (non-hydrogen) atoms. The molecule has 0 saturated carbocycles. The summed E-state index contributed by atoms with van der Waals surface area (Å²) in [5, 5.41) is 23.5. The topological polar surface area (TPSA) is 95.9 Å². The number of rotatable bonds is 69. The van der Waals surface area contributed by atoms with Crippen LogP contribution in [0, 0.1) is 0 Å². The van der Waals surface area contributed by atoms with Crippen LogP contribution in [0.5, 0.6) is 0 Å². The van der Waals surface area contributed by atoms with Gasteiger partial charge in [0.05, 0.1) is 25.4 Å². The van der Waals surface area contributed by atoms with E-state index in [1.807, 2.05) is 0 Å². The van der Waals surface area contributed by atoms with E-state index in [2.05, 4.69) is 43.5 Å². The zero-order chi connectivity index (χ0) is 57.8. The molecule has 0 aromatic heterocycles. The third kappa shape index (κ3) is 65.5. The third-order valence-corrected chi connectivity index (χ3v) is 17.2. The van der Waals surface area contributed by atoms with Crippen molar-refractivity contribution >= 4 is 11.9 Å². The number of ether oxygens (including phenoxy) is 1. The molecule has 3 N–H and O–H groups in total. The molecule has 0 spiro atoms. The molecule has 2 unspecified atom stereocenters. The van der Waals surface area contributed by atoms with Gasteiger partial charge in [-0.1, -0.05) is 346 Å². The Morgan fingerprint density at radius 2 is 0.588 bits per heavy atom. The highest BCUT2D eigenvalue weighted by Gasteiger charge is 2.20. The molecule has 6 nitrogen and oxygen atoms in total. The molecule has 0 radical (unpaired) electrons. The van der Waals surface area contributed by atoms with Crippen LogP contribution in [0.15, 0.2) is 24.3 Å². The predicted octanol–water partition coefficient (Wildman–Crippen LogP) is 23.7. The van der Waals surface area contributed by atoms with Crippen molar-refractivity contribution in [3.63, 3.8) is 0 Å². The lowest BCUT2D eigenvalue weighted by atomic mass is 10.0. The second kappa shape index (κ2) is 69.8. The van der Waals surface area contributed by atoms with Gasteiger partial charge in [0.2, 0.25) is 5.91 Å². The maximum Gasteiger partial charge on any atom is 0.305 e. The molecule has 1 amide bonds. The minimum absolute atomic E-state index is 0.00497. The predicted molar refractivity (Wildman–Crippen MR) is 352 cm³/mol. The Morgan fingerprint density at radius 3 is 0.887 bits per heavy atom. The standard InChI is InChI=1S/C74H143NO5/c1-3-5-7-9-11-13-15-17-19-20-21-22-23-24-27-30-33-36-39-42-46-50-54-58-62-66-72(77)71(70-76)75-73(78)67-63-59-55-51-47-43-40-37-34-31-28-25-26-29-32-35-38-41-45-49-53-57-61-65-69-80-74(79)68-64-60-56-52-48-44-18-16-14-12-10-8-6-4-2/h16,18,28,31,71-72,76-77H,3-15,17,19-27,29-30,32-70H2,1-2H3,(H,75,78)/b18-16-,31-28-. The average molecular weight is 1130 g/mol. The van der Waals surface area contributed by atoms with Crippen molar-refractivity contribution in [2.45, 2.75) is 424 Å². The number of carbonyl (C=O) groups excluding carboxylic acids is 2. The van der Waals surface area contributed by atoms with E-state index in [0.717, 1.165) is 44.9 Å². The van der Waals surface area contributed by atoms with Gasteiger partial charge in [-0.3, -0.25) is 9.59 Å². The molecule has 0 aliphatic carbocycles. The van der Waals surface area contributed by atoms with Gasteiger partial charge < -0.3 is 20.3 Å². The monoisotopic (exact) mass is 1130 g/mol. The first kappa shape index (κ1) is 78.3. The first-order valence-corrected chi connectivity index (χ1v) is 36.6. The Balaban J connectivity index is 3.40. The van der Waals surface area contributed by atoms with E-state index in [0.29, 0.717) is 25.9 Å². The fourth-order valence-electron chi connectivity index (χ4n) is 11.6. The molecule has 6 heteroatoms. The van der Waals surface area contributed by atoms with Gasteiger partial charge in [0.15, 0.2) is 0 Å². The van der Waals surface area contributed by atoms with Gasteiger partial charge in [-0.2, -0.15) is 0 Å². The highest BCUT2D eigenvalue weighted by molar-refractivity contribution is 5.76. The highest BCUT2D eigenvalue weighted by atomic mass is 16.5. The molecule has 0 aliphatic heterocycles. The molecular formula is C74H143NO5. The van der Waals surface area contributed by atoms with Crippen molar-refractivity contribution in [1.82, 2.24) is 5.32 Å². The lowest BCUT2D eigenvalue weighted by Crippen LogP contribution is -2.45. The molecule has 0 heterocycles. The minimum Gasteiger partial charge on any atom is -0.466 e. The Morgan fingerprint density at radius 1 is 0.338 bits per heavy atom. The number of nitrogens with one attached hydrogen (secondary N) is 1. The molecule has 0 rings (SSSR count). The van der Waals surface area contributed by atoms with E-state index in [1.165, 1.54) is 334 Å². The summed E-state index contributed by atoms with van der Waals surface area (Å²) in [5.41, 5.74) is 0. The van der Waals surface area contributed by atoms with E-state index in [-0.39, 0.29) is 18.5 Å². The van der Waals surface area contributed by atoms with Crippen molar-refractivity contribution in [1.29, 1.82) is 0 Å². The summed E-state index contributed by atoms with van der Waals surface area (Å²) in [6.07, 6.45) is 88.0. The molecule has 0 fully saturated rings. The van der Waals surface area contributed by atoms with E-state index < -0.39 is 12.1 Å². The van der Waals surface area contributed by atoms with Crippen molar-refractivity contribution in [3.05, 3.63) is 24.3 Å². The fraction of sp³-hybridized carbons (Fsp3) is 0.919. The van der Waals surface area contributed by atoms with Gasteiger partial charge in [0, 0.05) is 12.8 Å². The lowest BCUT2D eigenvalue weighted by Gasteiger charge is -2.22. The number of hydrogen-bond acceptors (Lipinski definition) is 5. The van der Waals surface area contributed by atoms with Crippen LogP contribution < -0.4 is 5.32 Å². The van der Waals surface area contributed by atoms with Crippen LogP contribution in [0.4, 0.5) is 0 Å². The normalized spacial score (nSPS) is 12.6. The van der Waals surface area contributed by atoms with Gasteiger partial charge in [-0.15, -0.1) is 0 Å². The van der Waals surface area contributed by atoms with E-state index in [9.17, 15) is 19.8 Å². The van der Waals surface area contributed by atoms with Crippen LogP contribution in [0.2, 0.25) is 0 Å². The van der Waals surface area contributed by atoms with E-state index in [4.69, 9.17) is 4.74 Å². The summed E-state index contributed by atoms with van der Waals surface area (Å²) in [7, 11) is 0. The Labute approximate surface area is 501 Å². The number of amides is 1. The van der Waals surface area contributed by atoms with Gasteiger partial charge in [0.25, 0.3) is 0 Å². The van der Waals surface area contributed by atoms with E-state index in [1.54, 1.807) is 0 Å². The molecule has 0 aromatic carbocycles. The molecule has 0 saturated heterocycles. The smallest absolute Gasteiger partial charge is 0.305 e. The number of esters is 1. The van der Waals surface area contributed by atoms with Crippen LogP contribution in [0.25, 0.3) is 0 Å². The first-order valence-electron chi connectivity index (χ1n) is 36.6. The van der Waals surface area contributed by atoms with Crippen molar-refractivity contribution in [2.75, 3.05) is 13.2 Å². The SMILES string of the molecule is CCCCCCC/C=C\CCCCCCCC(=O)OCCCCCCCCCCCCCC/C=C\CCCCCCCCCCC(=O)NC(CO)C(O)CCCCCCCCCCCCCCCCCCCCCCCCCCC. The Kier molecular flexibility index (Phi) is 68.4. The van der Waals surface area contributed by atoms with Crippen molar-refractivity contribution in [2.24, 2.45) is 0 Å². The maximum absolute atomic E-state index is 12.6. The summed E-state index contributed by atoms with van der Waals surface area (Å²) >= 11 is 0. The largest absolute Gasteiger partial charge is 0.466 e. The Bertz CT molecular complexity index is 1250. The van der Waals surface area contributed by atoms with E-state index >= 15 is 0 Å². The number of hydrogen-bond donors (Lipinski definition) is 3. The number of aliphatic hydroxyl groups is 2. The van der Waals surface area contributed by atoms with Crippen LogP contribution in [-0.2, 0) is 14.3 Å². The molecular weight excluding hydrogens is 983 g/mol. The minimum atomic E-state index is -0.669. The van der Waals surface area contributed by atoms with Crippen LogP contribution >= 0.6 is 0 Å².